The summed E-state index contributed by atoms with van der Waals surface area (Å²) < 4.78 is 16.0. The van der Waals surface area contributed by atoms with Gasteiger partial charge < -0.3 is 29.5 Å². The van der Waals surface area contributed by atoms with Crippen molar-refractivity contribution in [3.63, 3.8) is 0 Å². The molecule has 7 atom stereocenters. The van der Waals surface area contributed by atoms with E-state index in [1.54, 1.807) is 6.07 Å². The van der Waals surface area contributed by atoms with Gasteiger partial charge in [0.05, 0.1) is 33.1 Å². The van der Waals surface area contributed by atoms with Crippen LogP contribution in [0.25, 0.3) is 0 Å². The number of nitrogens with zero attached hydrogens (tertiary/aromatic N) is 2. The quantitative estimate of drug-likeness (QED) is 0.513. The highest BCUT2D eigenvalue weighted by Crippen LogP contribution is 2.77. The van der Waals surface area contributed by atoms with Crippen molar-refractivity contribution >= 4 is 17.7 Å². The van der Waals surface area contributed by atoms with Crippen LogP contribution in [0.3, 0.4) is 0 Å². The molecule has 1 amide bonds. The van der Waals surface area contributed by atoms with Crippen molar-refractivity contribution in [3.05, 3.63) is 23.8 Å². The number of aliphatic hydroxyl groups is 3. The lowest BCUT2D eigenvalue weighted by Gasteiger charge is -2.74. The fraction of sp³-hybridized carbons (Fsp3) is 0.667. The average molecular weight is 475 g/mol. The molecule has 184 valence electrons. The number of anilines is 1. The van der Waals surface area contributed by atoms with Crippen LogP contribution in [0, 0.1) is 5.41 Å². The maximum Gasteiger partial charge on any atom is 0.414 e. The molecule has 3 N–H and O–H groups in total. The molecule has 6 aliphatic rings. The summed E-state index contributed by atoms with van der Waals surface area (Å²) in [5.74, 6) is -0.635. The van der Waals surface area contributed by atoms with Gasteiger partial charge in [-0.3, -0.25) is 9.80 Å². The molecule has 1 aromatic carbocycles. The van der Waals surface area contributed by atoms with E-state index in [0.717, 1.165) is 12.7 Å². The van der Waals surface area contributed by atoms with E-state index in [0.29, 0.717) is 43.8 Å². The van der Waals surface area contributed by atoms with E-state index in [4.69, 9.17) is 14.2 Å². The third kappa shape index (κ3) is 1.88. The second kappa shape index (κ2) is 6.63. The second-order valence-electron chi connectivity index (χ2n) is 10.3. The third-order valence-corrected chi connectivity index (χ3v) is 9.80. The van der Waals surface area contributed by atoms with Crippen LogP contribution in [-0.2, 0) is 19.7 Å². The summed E-state index contributed by atoms with van der Waals surface area (Å²) in [7, 11) is 3.89. The van der Waals surface area contributed by atoms with Gasteiger partial charge in [0, 0.05) is 23.4 Å². The fourth-order valence-electron chi connectivity index (χ4n) is 8.88. The number of methoxy groups -OCH3 is 3. The summed E-state index contributed by atoms with van der Waals surface area (Å²) in [5.41, 5.74) is -5.08. The molecular formula is C24H30N2O8. The van der Waals surface area contributed by atoms with Gasteiger partial charge in [0.1, 0.15) is 17.4 Å². The fourth-order valence-corrected chi connectivity index (χ4v) is 8.88. The number of aliphatic hydroxyl groups excluding tert-OH is 2. The first kappa shape index (κ1) is 22.1. The predicted octanol–water partition coefficient (Wildman–Crippen LogP) is 0.156. The van der Waals surface area contributed by atoms with Gasteiger partial charge in [0.2, 0.25) is 5.60 Å². The monoisotopic (exact) mass is 474 g/mol. The van der Waals surface area contributed by atoms with Gasteiger partial charge in [-0.05, 0) is 43.9 Å². The molecule has 5 fully saturated rings. The number of esters is 1. The molecule has 3 aliphatic heterocycles. The van der Waals surface area contributed by atoms with E-state index in [2.05, 4.69) is 4.90 Å². The molecule has 34 heavy (non-hydrogen) atoms. The summed E-state index contributed by atoms with van der Waals surface area (Å²) in [5, 5.41) is 35.7. The van der Waals surface area contributed by atoms with Gasteiger partial charge in [0.25, 0.3) is 0 Å². The number of benzene rings is 1. The zero-order valence-corrected chi connectivity index (χ0v) is 19.5. The Morgan fingerprint density at radius 3 is 2.50 bits per heavy atom. The second-order valence-corrected chi connectivity index (χ2v) is 10.3. The lowest BCUT2D eigenvalue weighted by Crippen LogP contribution is -2.92. The molecule has 0 radical (unpaired) electrons. The van der Waals surface area contributed by atoms with Gasteiger partial charge >= 0.3 is 12.1 Å². The number of amides is 1. The predicted molar refractivity (Wildman–Crippen MR) is 118 cm³/mol. The van der Waals surface area contributed by atoms with Crippen molar-refractivity contribution in [2.45, 2.75) is 60.5 Å². The highest BCUT2D eigenvalue weighted by Gasteiger charge is 2.91. The smallest absolute Gasteiger partial charge is 0.414 e. The zero-order valence-electron chi connectivity index (χ0n) is 19.5. The van der Waals surface area contributed by atoms with Crippen LogP contribution in [0.5, 0.6) is 5.75 Å². The summed E-state index contributed by atoms with van der Waals surface area (Å²) in [6.07, 6.45) is -1.94. The van der Waals surface area contributed by atoms with Gasteiger partial charge in [-0.15, -0.1) is 0 Å². The first-order chi connectivity index (χ1) is 16.2. The minimum atomic E-state index is -2.51. The number of hydrogen-bond acceptors (Lipinski definition) is 9. The maximum absolute atomic E-state index is 13.5. The first-order valence-electron chi connectivity index (χ1n) is 11.7. The summed E-state index contributed by atoms with van der Waals surface area (Å²) in [6, 6.07) is 5.03. The third-order valence-electron chi connectivity index (χ3n) is 9.80. The number of carbonyl (C=O) groups excluding carboxylic acids is 2. The van der Waals surface area contributed by atoms with Crippen LogP contribution in [-0.4, -0.2) is 96.1 Å². The normalized spacial score (nSPS) is 43.7. The number of carbonyl (C=O) groups is 2. The molecule has 3 heterocycles. The number of hydrogen-bond donors (Lipinski definition) is 3. The van der Waals surface area contributed by atoms with Crippen LogP contribution in [0.4, 0.5) is 10.5 Å². The molecule has 1 aromatic rings. The van der Waals surface area contributed by atoms with E-state index in [9.17, 15) is 24.9 Å². The number of ether oxygens (including phenoxy) is 3. The highest BCUT2D eigenvalue weighted by molar-refractivity contribution is 6.01. The van der Waals surface area contributed by atoms with E-state index >= 15 is 0 Å². The number of rotatable bonds is 2. The lowest BCUT2D eigenvalue weighted by molar-refractivity contribution is -0.301. The summed E-state index contributed by atoms with van der Waals surface area (Å²) >= 11 is 0. The molecule has 2 bridgehead atoms. The Morgan fingerprint density at radius 2 is 1.82 bits per heavy atom. The van der Waals surface area contributed by atoms with Crippen molar-refractivity contribution in [2.75, 3.05) is 39.3 Å². The number of para-hydroxylation sites is 1. The maximum atomic E-state index is 13.5. The summed E-state index contributed by atoms with van der Waals surface area (Å²) in [6.45, 7) is 1.25. The summed E-state index contributed by atoms with van der Waals surface area (Å²) in [4.78, 5) is 30.6. The molecule has 10 heteroatoms. The minimum Gasteiger partial charge on any atom is -0.495 e. The topological polar surface area (TPSA) is 129 Å². The molecule has 3 spiro atoms. The van der Waals surface area contributed by atoms with Crippen LogP contribution in [0.2, 0.25) is 0 Å². The van der Waals surface area contributed by atoms with E-state index in [-0.39, 0.29) is 6.42 Å². The molecule has 3 saturated carbocycles. The van der Waals surface area contributed by atoms with Crippen molar-refractivity contribution in [1.29, 1.82) is 0 Å². The van der Waals surface area contributed by atoms with Gasteiger partial charge in [0.15, 0.2) is 0 Å². The van der Waals surface area contributed by atoms with E-state index in [1.165, 1.54) is 19.1 Å². The SMILES string of the molecule is COC(=O)N1c2c(OC)cccc2[C@@]23CCN4CC[C@H](O)[C@@]5(CC[C@]12[C@](O)(C(=O)OC)[C@H]5O)[C@H]43. The highest BCUT2D eigenvalue weighted by atomic mass is 16.6. The first-order valence-corrected chi connectivity index (χ1v) is 11.7. The van der Waals surface area contributed by atoms with Gasteiger partial charge in [-0.25, -0.2) is 9.59 Å². The van der Waals surface area contributed by atoms with E-state index < -0.39 is 52.3 Å². The largest absolute Gasteiger partial charge is 0.495 e. The van der Waals surface area contributed by atoms with Crippen molar-refractivity contribution in [1.82, 2.24) is 4.90 Å². The number of piperidine rings is 1. The molecule has 3 aliphatic carbocycles. The molecular weight excluding hydrogens is 444 g/mol. The Kier molecular flexibility index (Phi) is 4.31. The van der Waals surface area contributed by atoms with E-state index in [1.807, 2.05) is 12.1 Å². The van der Waals surface area contributed by atoms with Crippen molar-refractivity contribution < 1.29 is 39.1 Å². The molecule has 0 aromatic heterocycles. The zero-order chi connectivity index (χ0) is 24.3. The Balaban J connectivity index is 1.79. The minimum absolute atomic E-state index is 0.171. The molecule has 7 rings (SSSR count). The molecule has 2 saturated heterocycles. The molecule has 10 nitrogen and oxygen atoms in total. The standard InChI is InChI=1S/C24H30N2O8/c1-32-14-6-4-5-13-16(14)26(20(30)34-3)23-9-8-21(18(28)24(23,31)19(29)33-2)15(27)7-11-25-12-10-22(13,23)17(21)25/h4-6,15,17-18,27-28,31H,7-12H2,1-3H3/t15-,17-,18-,21-,22+,23-,24+/m0/s1. The van der Waals surface area contributed by atoms with Crippen LogP contribution < -0.4 is 9.64 Å². The Hall–Kier alpha value is -2.40. The lowest BCUT2D eigenvalue weighted by atomic mass is 9.35. The van der Waals surface area contributed by atoms with Gasteiger partial charge in [-0.2, -0.15) is 0 Å². The Morgan fingerprint density at radius 1 is 1.06 bits per heavy atom. The van der Waals surface area contributed by atoms with Crippen LogP contribution >= 0.6 is 0 Å². The van der Waals surface area contributed by atoms with Crippen LogP contribution in [0.1, 0.15) is 31.2 Å². The van der Waals surface area contributed by atoms with Crippen molar-refractivity contribution in [3.8, 4) is 5.75 Å². The molecule has 0 unspecified atom stereocenters. The van der Waals surface area contributed by atoms with Crippen molar-refractivity contribution in [2.24, 2.45) is 5.41 Å². The Bertz CT molecular complexity index is 1100. The van der Waals surface area contributed by atoms with Gasteiger partial charge in [-0.1, -0.05) is 12.1 Å². The average Bonchev–Trinajstić information content (AvgIpc) is 3.39. The van der Waals surface area contributed by atoms with Crippen LogP contribution in [0.15, 0.2) is 18.2 Å². The Labute approximate surface area is 197 Å². The number of fused-ring (bicyclic) bond motifs is 3.